The topological polar surface area (TPSA) is 34.9 Å². The van der Waals surface area contributed by atoms with Crippen molar-refractivity contribution in [3.8, 4) is 0 Å². The maximum atomic E-state index is 12.9. The van der Waals surface area contributed by atoms with Crippen LogP contribution in [0.1, 0.15) is 21.6 Å². The van der Waals surface area contributed by atoms with Gasteiger partial charge in [-0.25, -0.2) is 4.98 Å². The zero-order valence-electron chi connectivity index (χ0n) is 14.8. The second kappa shape index (κ2) is 7.52. The molecule has 0 N–H and O–H groups in total. The van der Waals surface area contributed by atoms with Gasteiger partial charge in [-0.2, -0.15) is 13.2 Å². The van der Waals surface area contributed by atoms with Crippen LogP contribution in [0.15, 0.2) is 46.9 Å². The number of nitrogens with zero attached hydrogens (tertiary/aromatic N) is 2. The number of fused-ring (bicyclic) bond motifs is 1. The van der Waals surface area contributed by atoms with E-state index in [1.165, 1.54) is 33.7 Å². The van der Waals surface area contributed by atoms with Gasteiger partial charge in [0.05, 0.1) is 10.9 Å². The maximum Gasteiger partial charge on any atom is 0.416 e. The minimum atomic E-state index is -4.38. The van der Waals surface area contributed by atoms with Gasteiger partial charge in [-0.05, 0) is 31.0 Å². The van der Waals surface area contributed by atoms with Gasteiger partial charge in [-0.15, -0.1) is 17.9 Å². The fraction of sp³-hybridized carbons (Fsp3) is 0.263. The molecule has 3 aromatic rings. The summed E-state index contributed by atoms with van der Waals surface area (Å²) < 4.78 is 40.2. The van der Waals surface area contributed by atoms with Crippen LogP contribution in [0.25, 0.3) is 10.2 Å². The first kappa shape index (κ1) is 19.7. The molecule has 8 heteroatoms. The van der Waals surface area contributed by atoms with Crippen molar-refractivity contribution in [2.45, 2.75) is 37.5 Å². The first-order valence-corrected chi connectivity index (χ1v) is 9.93. The first-order chi connectivity index (χ1) is 12.7. The highest BCUT2D eigenvalue weighted by atomic mass is 32.2. The van der Waals surface area contributed by atoms with Gasteiger partial charge in [0.25, 0.3) is 5.56 Å². The van der Waals surface area contributed by atoms with Crippen molar-refractivity contribution >= 4 is 33.3 Å². The number of rotatable bonds is 5. The minimum absolute atomic E-state index is 0.145. The monoisotopic (exact) mass is 410 g/mol. The largest absolute Gasteiger partial charge is 0.416 e. The lowest BCUT2D eigenvalue weighted by Gasteiger charge is -2.11. The molecule has 3 nitrogen and oxygen atoms in total. The van der Waals surface area contributed by atoms with Crippen LogP contribution in [-0.4, -0.2) is 9.55 Å². The highest BCUT2D eigenvalue weighted by molar-refractivity contribution is 7.98. The highest BCUT2D eigenvalue weighted by Crippen LogP contribution is 2.32. The molecule has 3 rings (SSSR count). The summed E-state index contributed by atoms with van der Waals surface area (Å²) in [5.41, 5.74) is 0.609. The molecule has 0 fully saturated rings. The SMILES string of the molecule is C=CCn1c(SCc2cccc(C(F)(F)F)c2)nc2sc(C)c(C)c2c1=O. The standard InChI is InChI=1S/C19H17F3N2OS2/c1-4-8-24-17(25)15-11(2)12(3)27-16(15)23-18(24)26-10-13-6-5-7-14(9-13)19(20,21)22/h4-7,9H,1,8,10H2,2-3H3. The third-order valence-corrected chi connectivity index (χ3v) is 6.34. The van der Waals surface area contributed by atoms with Gasteiger partial charge in [0, 0.05) is 17.2 Å². The Morgan fingerprint density at radius 2 is 2.07 bits per heavy atom. The average Bonchev–Trinajstić information content (AvgIpc) is 2.90. The van der Waals surface area contributed by atoms with E-state index < -0.39 is 11.7 Å². The number of halogens is 3. The molecule has 0 bridgehead atoms. The molecular weight excluding hydrogens is 393 g/mol. The quantitative estimate of drug-likeness (QED) is 0.313. The Bertz CT molecular complexity index is 1070. The molecule has 0 atom stereocenters. The Labute approximate surface area is 162 Å². The molecule has 0 aliphatic carbocycles. The van der Waals surface area contributed by atoms with Crippen molar-refractivity contribution in [2.75, 3.05) is 0 Å². The summed E-state index contributed by atoms with van der Waals surface area (Å²) >= 11 is 2.70. The van der Waals surface area contributed by atoms with E-state index in [4.69, 9.17) is 0 Å². The Balaban J connectivity index is 1.98. The smallest absolute Gasteiger partial charge is 0.283 e. The summed E-state index contributed by atoms with van der Waals surface area (Å²) in [7, 11) is 0. The van der Waals surface area contributed by atoms with Gasteiger partial charge >= 0.3 is 6.18 Å². The highest BCUT2D eigenvalue weighted by Gasteiger charge is 2.30. The Morgan fingerprint density at radius 3 is 2.74 bits per heavy atom. The number of aromatic nitrogens is 2. The van der Waals surface area contributed by atoms with Gasteiger partial charge in [0.1, 0.15) is 4.83 Å². The summed E-state index contributed by atoms with van der Waals surface area (Å²) in [4.78, 5) is 19.2. The number of hydrogen-bond acceptors (Lipinski definition) is 4. The lowest BCUT2D eigenvalue weighted by atomic mass is 10.1. The van der Waals surface area contributed by atoms with E-state index in [1.807, 2.05) is 13.8 Å². The van der Waals surface area contributed by atoms with Gasteiger partial charge in [0.2, 0.25) is 0 Å². The maximum absolute atomic E-state index is 12.9. The fourth-order valence-corrected chi connectivity index (χ4v) is 4.72. The van der Waals surface area contributed by atoms with Crippen LogP contribution in [0.2, 0.25) is 0 Å². The van der Waals surface area contributed by atoms with Crippen LogP contribution in [0.5, 0.6) is 0 Å². The Kier molecular flexibility index (Phi) is 5.48. The summed E-state index contributed by atoms with van der Waals surface area (Å²) in [5.74, 6) is 0.280. The van der Waals surface area contributed by atoms with Gasteiger partial charge in [-0.1, -0.05) is 36.0 Å². The summed E-state index contributed by atoms with van der Waals surface area (Å²) in [6.45, 7) is 7.81. The van der Waals surface area contributed by atoms with Crippen molar-refractivity contribution < 1.29 is 13.2 Å². The van der Waals surface area contributed by atoms with Crippen LogP contribution in [-0.2, 0) is 18.5 Å². The molecule has 2 aromatic heterocycles. The number of aryl methyl sites for hydroxylation is 2. The van der Waals surface area contributed by atoms with Crippen LogP contribution in [0.3, 0.4) is 0 Å². The number of allylic oxidation sites excluding steroid dienone is 1. The van der Waals surface area contributed by atoms with Crippen LogP contribution in [0, 0.1) is 13.8 Å². The number of alkyl halides is 3. The van der Waals surface area contributed by atoms with E-state index in [9.17, 15) is 18.0 Å². The van der Waals surface area contributed by atoms with Gasteiger partial charge < -0.3 is 0 Å². The predicted octanol–water partition coefficient (Wildman–Crippen LogP) is 5.57. The molecule has 0 spiro atoms. The lowest BCUT2D eigenvalue weighted by molar-refractivity contribution is -0.137. The molecule has 0 amide bonds. The second-order valence-corrected chi connectivity index (χ2v) is 8.19. The first-order valence-electron chi connectivity index (χ1n) is 8.12. The van der Waals surface area contributed by atoms with Gasteiger partial charge in [0.15, 0.2) is 5.16 Å². The predicted molar refractivity (Wildman–Crippen MR) is 105 cm³/mol. The molecule has 0 saturated carbocycles. The minimum Gasteiger partial charge on any atom is -0.283 e. The van der Waals surface area contributed by atoms with Crippen molar-refractivity contribution in [2.24, 2.45) is 0 Å². The summed E-state index contributed by atoms with van der Waals surface area (Å²) in [6, 6.07) is 5.19. The van der Waals surface area contributed by atoms with Crippen molar-refractivity contribution in [1.29, 1.82) is 0 Å². The fourth-order valence-electron chi connectivity index (χ4n) is 2.69. The lowest BCUT2D eigenvalue weighted by Crippen LogP contribution is -2.22. The van der Waals surface area contributed by atoms with E-state index >= 15 is 0 Å². The number of benzene rings is 1. The molecular formula is C19H17F3N2OS2. The van der Waals surface area contributed by atoms with Crippen molar-refractivity contribution in [3.05, 3.63) is 68.8 Å². The molecule has 2 heterocycles. The zero-order chi connectivity index (χ0) is 19.8. The third-order valence-electron chi connectivity index (χ3n) is 4.19. The van der Waals surface area contributed by atoms with Crippen LogP contribution in [0.4, 0.5) is 13.2 Å². The van der Waals surface area contributed by atoms with Crippen molar-refractivity contribution in [1.82, 2.24) is 9.55 Å². The molecule has 0 radical (unpaired) electrons. The molecule has 0 unspecified atom stereocenters. The number of thioether (sulfide) groups is 1. The molecule has 27 heavy (non-hydrogen) atoms. The van der Waals surface area contributed by atoms with Gasteiger partial charge in [-0.3, -0.25) is 9.36 Å². The molecule has 0 saturated heterocycles. The second-order valence-electron chi connectivity index (χ2n) is 6.05. The third kappa shape index (κ3) is 3.96. The van der Waals surface area contributed by atoms with E-state index in [0.29, 0.717) is 27.5 Å². The zero-order valence-corrected chi connectivity index (χ0v) is 16.4. The Hall–Kier alpha value is -2.06. The van der Waals surface area contributed by atoms with Crippen molar-refractivity contribution in [3.63, 3.8) is 0 Å². The summed E-state index contributed by atoms with van der Waals surface area (Å²) in [6.07, 6.45) is -2.77. The Morgan fingerprint density at radius 1 is 1.33 bits per heavy atom. The van der Waals surface area contributed by atoms with Crippen LogP contribution < -0.4 is 5.56 Å². The average molecular weight is 410 g/mol. The number of hydrogen-bond donors (Lipinski definition) is 0. The molecule has 0 aliphatic heterocycles. The van der Waals surface area contributed by atoms with E-state index in [0.717, 1.165) is 22.6 Å². The summed E-state index contributed by atoms with van der Waals surface area (Å²) in [5, 5.41) is 1.08. The van der Waals surface area contributed by atoms with E-state index in [2.05, 4.69) is 11.6 Å². The number of thiophene rings is 1. The molecule has 1 aromatic carbocycles. The van der Waals surface area contributed by atoms with E-state index in [1.54, 1.807) is 12.1 Å². The molecule has 0 aliphatic rings. The van der Waals surface area contributed by atoms with Crippen LogP contribution >= 0.6 is 23.1 Å². The molecule has 142 valence electrons. The normalized spacial score (nSPS) is 11.9. The van der Waals surface area contributed by atoms with E-state index in [-0.39, 0.29) is 11.3 Å².